The standard InChI is InChI=1S/C12H16N2O3/c1-3-14-8-11(15)9-4-6-10(7-5-9)17-12(16)13-2/h4-7,14H,3,8H2,1-2H3,(H,13,16). The maximum Gasteiger partial charge on any atom is 0.412 e. The molecule has 0 saturated carbocycles. The van der Waals surface area contributed by atoms with E-state index in [-0.39, 0.29) is 5.78 Å². The molecule has 0 aliphatic rings. The SMILES string of the molecule is CCNCC(=O)c1ccc(OC(=O)NC)cc1. The third-order valence-electron chi connectivity index (χ3n) is 2.13. The molecule has 0 aromatic heterocycles. The number of Topliss-reactive ketones (excluding diaryl/α,β-unsaturated/α-hetero) is 1. The van der Waals surface area contributed by atoms with E-state index >= 15 is 0 Å². The number of likely N-dealkylation sites (N-methyl/N-ethyl adjacent to an activating group) is 1. The van der Waals surface area contributed by atoms with Crippen molar-refractivity contribution in [3.8, 4) is 5.75 Å². The van der Waals surface area contributed by atoms with E-state index in [0.717, 1.165) is 6.54 Å². The second kappa shape index (κ2) is 6.65. The van der Waals surface area contributed by atoms with Gasteiger partial charge in [0.15, 0.2) is 5.78 Å². The first kappa shape index (κ1) is 13.2. The molecule has 0 aliphatic heterocycles. The van der Waals surface area contributed by atoms with Crippen LogP contribution in [-0.2, 0) is 0 Å². The number of hydrogen-bond acceptors (Lipinski definition) is 4. The number of nitrogens with one attached hydrogen (secondary N) is 2. The second-order valence-corrected chi connectivity index (χ2v) is 3.37. The van der Waals surface area contributed by atoms with Crippen molar-refractivity contribution in [3.63, 3.8) is 0 Å². The van der Waals surface area contributed by atoms with Crippen molar-refractivity contribution in [2.45, 2.75) is 6.92 Å². The van der Waals surface area contributed by atoms with Crippen LogP contribution < -0.4 is 15.4 Å². The van der Waals surface area contributed by atoms with Gasteiger partial charge in [0.05, 0.1) is 6.54 Å². The highest BCUT2D eigenvalue weighted by Crippen LogP contribution is 2.12. The van der Waals surface area contributed by atoms with Crippen LogP contribution in [0.4, 0.5) is 4.79 Å². The second-order valence-electron chi connectivity index (χ2n) is 3.37. The Labute approximate surface area is 100 Å². The summed E-state index contributed by atoms with van der Waals surface area (Å²) in [5.41, 5.74) is 0.593. The third kappa shape index (κ3) is 4.24. The maximum absolute atomic E-state index is 11.6. The zero-order valence-electron chi connectivity index (χ0n) is 9.95. The largest absolute Gasteiger partial charge is 0.412 e. The number of carbonyl (C=O) groups excluding carboxylic acids is 2. The first-order valence-electron chi connectivity index (χ1n) is 5.41. The first-order chi connectivity index (χ1) is 8.17. The van der Waals surface area contributed by atoms with Crippen molar-refractivity contribution in [3.05, 3.63) is 29.8 Å². The Hall–Kier alpha value is -1.88. The van der Waals surface area contributed by atoms with E-state index in [0.29, 0.717) is 17.9 Å². The molecular weight excluding hydrogens is 220 g/mol. The minimum atomic E-state index is -0.531. The Bertz CT molecular complexity index is 387. The lowest BCUT2D eigenvalue weighted by Crippen LogP contribution is -2.23. The molecule has 5 nitrogen and oxygen atoms in total. The van der Waals surface area contributed by atoms with Gasteiger partial charge in [-0.25, -0.2) is 4.79 Å². The molecule has 92 valence electrons. The molecule has 0 bridgehead atoms. The van der Waals surface area contributed by atoms with Crippen LogP contribution >= 0.6 is 0 Å². The average molecular weight is 236 g/mol. The maximum atomic E-state index is 11.6. The van der Waals surface area contributed by atoms with Crippen LogP contribution in [0.5, 0.6) is 5.75 Å². The fourth-order valence-corrected chi connectivity index (χ4v) is 1.21. The Morgan fingerprint density at radius 1 is 1.24 bits per heavy atom. The Balaban J connectivity index is 2.61. The summed E-state index contributed by atoms with van der Waals surface area (Å²) in [5.74, 6) is 0.419. The number of rotatable bonds is 5. The molecule has 5 heteroatoms. The van der Waals surface area contributed by atoms with E-state index < -0.39 is 6.09 Å². The topological polar surface area (TPSA) is 67.4 Å². The quantitative estimate of drug-likeness (QED) is 0.754. The van der Waals surface area contributed by atoms with Crippen LogP contribution in [0.15, 0.2) is 24.3 Å². The molecule has 0 saturated heterocycles. The molecule has 0 spiro atoms. The zero-order valence-corrected chi connectivity index (χ0v) is 9.95. The van der Waals surface area contributed by atoms with Gasteiger partial charge in [0.2, 0.25) is 0 Å². The van der Waals surface area contributed by atoms with E-state index in [2.05, 4.69) is 10.6 Å². The molecule has 1 aromatic rings. The lowest BCUT2D eigenvalue weighted by Gasteiger charge is -2.05. The number of ketones is 1. The van der Waals surface area contributed by atoms with Gasteiger partial charge in [-0.05, 0) is 30.8 Å². The van der Waals surface area contributed by atoms with Crippen molar-refractivity contribution >= 4 is 11.9 Å². The van der Waals surface area contributed by atoms with Crippen molar-refractivity contribution in [2.75, 3.05) is 20.1 Å². The summed E-state index contributed by atoms with van der Waals surface area (Å²) in [5, 5.41) is 5.30. The predicted octanol–water partition coefficient (Wildman–Crippen LogP) is 1.20. The molecule has 0 unspecified atom stereocenters. The molecule has 0 atom stereocenters. The molecule has 2 N–H and O–H groups in total. The molecular formula is C12H16N2O3. The van der Waals surface area contributed by atoms with Crippen LogP contribution in [0.3, 0.4) is 0 Å². The van der Waals surface area contributed by atoms with Crippen LogP contribution in [-0.4, -0.2) is 32.0 Å². The summed E-state index contributed by atoms with van der Waals surface area (Å²) in [4.78, 5) is 22.5. The van der Waals surface area contributed by atoms with Gasteiger partial charge in [-0.15, -0.1) is 0 Å². The van der Waals surface area contributed by atoms with E-state index in [1.165, 1.54) is 7.05 Å². The van der Waals surface area contributed by atoms with Gasteiger partial charge >= 0.3 is 6.09 Å². The average Bonchev–Trinajstić information content (AvgIpc) is 2.36. The summed E-state index contributed by atoms with van der Waals surface area (Å²) in [6.45, 7) is 3.00. The molecule has 0 radical (unpaired) electrons. The summed E-state index contributed by atoms with van der Waals surface area (Å²) in [6.07, 6.45) is -0.531. The van der Waals surface area contributed by atoms with E-state index in [1.54, 1.807) is 24.3 Å². The summed E-state index contributed by atoms with van der Waals surface area (Å²) in [7, 11) is 1.48. The Kier molecular flexibility index (Phi) is 5.16. The highest BCUT2D eigenvalue weighted by Gasteiger charge is 2.06. The summed E-state index contributed by atoms with van der Waals surface area (Å²) >= 11 is 0. The number of amides is 1. The van der Waals surface area contributed by atoms with Gasteiger partial charge in [0, 0.05) is 12.6 Å². The fraction of sp³-hybridized carbons (Fsp3) is 0.333. The molecule has 0 fully saturated rings. The van der Waals surface area contributed by atoms with Crippen molar-refractivity contribution in [1.82, 2.24) is 10.6 Å². The van der Waals surface area contributed by atoms with E-state index in [4.69, 9.17) is 4.74 Å². The van der Waals surface area contributed by atoms with Crippen LogP contribution in [0, 0.1) is 0 Å². The minimum Gasteiger partial charge on any atom is -0.410 e. The molecule has 0 aliphatic carbocycles. The van der Waals surface area contributed by atoms with Gasteiger partial charge < -0.3 is 15.4 Å². The highest BCUT2D eigenvalue weighted by atomic mass is 16.5. The lowest BCUT2D eigenvalue weighted by molar-refractivity contribution is 0.0992. The smallest absolute Gasteiger partial charge is 0.410 e. The minimum absolute atomic E-state index is 0.0124. The van der Waals surface area contributed by atoms with E-state index in [9.17, 15) is 9.59 Å². The molecule has 1 rings (SSSR count). The first-order valence-corrected chi connectivity index (χ1v) is 5.41. The fourth-order valence-electron chi connectivity index (χ4n) is 1.21. The van der Waals surface area contributed by atoms with Gasteiger partial charge in [0.1, 0.15) is 5.75 Å². The lowest BCUT2D eigenvalue weighted by atomic mass is 10.1. The number of carbonyl (C=O) groups is 2. The molecule has 0 heterocycles. The number of hydrogen-bond donors (Lipinski definition) is 2. The summed E-state index contributed by atoms with van der Waals surface area (Å²) in [6, 6.07) is 6.46. The predicted molar refractivity (Wildman–Crippen MR) is 64.4 cm³/mol. The molecule has 17 heavy (non-hydrogen) atoms. The van der Waals surface area contributed by atoms with Gasteiger partial charge in [-0.1, -0.05) is 6.92 Å². The van der Waals surface area contributed by atoms with Crippen LogP contribution in [0.1, 0.15) is 17.3 Å². The van der Waals surface area contributed by atoms with Crippen molar-refractivity contribution < 1.29 is 14.3 Å². The molecule has 1 aromatic carbocycles. The number of benzene rings is 1. The Morgan fingerprint density at radius 2 is 1.88 bits per heavy atom. The van der Waals surface area contributed by atoms with Crippen molar-refractivity contribution in [2.24, 2.45) is 0 Å². The highest BCUT2D eigenvalue weighted by molar-refractivity contribution is 5.97. The van der Waals surface area contributed by atoms with Gasteiger partial charge in [-0.3, -0.25) is 4.79 Å². The van der Waals surface area contributed by atoms with Crippen LogP contribution in [0.25, 0.3) is 0 Å². The van der Waals surface area contributed by atoms with Gasteiger partial charge in [0.25, 0.3) is 0 Å². The normalized spacial score (nSPS) is 9.76. The monoisotopic (exact) mass is 236 g/mol. The summed E-state index contributed by atoms with van der Waals surface area (Å²) < 4.78 is 4.90. The number of ether oxygens (including phenoxy) is 1. The van der Waals surface area contributed by atoms with Crippen LogP contribution in [0.2, 0.25) is 0 Å². The third-order valence-corrected chi connectivity index (χ3v) is 2.13. The molecule has 1 amide bonds. The zero-order chi connectivity index (χ0) is 12.7. The Morgan fingerprint density at radius 3 is 2.41 bits per heavy atom. The van der Waals surface area contributed by atoms with Crippen molar-refractivity contribution in [1.29, 1.82) is 0 Å². The van der Waals surface area contributed by atoms with Gasteiger partial charge in [-0.2, -0.15) is 0 Å². The van der Waals surface area contributed by atoms with E-state index in [1.807, 2.05) is 6.92 Å².